The average molecular weight is 268 g/mol. The van der Waals surface area contributed by atoms with Gasteiger partial charge in [-0.2, -0.15) is 0 Å². The lowest BCUT2D eigenvalue weighted by atomic mass is 10.2. The van der Waals surface area contributed by atoms with Gasteiger partial charge in [-0.05, 0) is 17.7 Å². The minimum absolute atomic E-state index is 0.0562. The molecule has 0 saturated heterocycles. The third-order valence-corrected chi connectivity index (χ3v) is 3.38. The van der Waals surface area contributed by atoms with Crippen LogP contribution in [0, 0.1) is 0 Å². The van der Waals surface area contributed by atoms with Crippen LogP contribution in [0.25, 0.3) is 11.0 Å². The summed E-state index contributed by atoms with van der Waals surface area (Å²) in [6.07, 6.45) is 0. The van der Waals surface area contributed by atoms with Crippen molar-refractivity contribution in [3.05, 3.63) is 70.6 Å². The van der Waals surface area contributed by atoms with Crippen molar-refractivity contribution >= 4 is 11.0 Å². The molecular formula is C16H16N2O2. The number of rotatable bonds is 4. The second-order valence-corrected chi connectivity index (χ2v) is 4.72. The van der Waals surface area contributed by atoms with E-state index in [9.17, 15) is 4.79 Å². The molecule has 0 unspecified atom stereocenters. The molecule has 0 aliphatic carbocycles. The van der Waals surface area contributed by atoms with Gasteiger partial charge in [0.15, 0.2) is 0 Å². The standard InChI is InChI=1S/C16H16N2O2/c1-17-14-9-5-6-10-15(14)18(16(17)19)12-20-11-13-7-3-2-4-8-13/h2-10H,11-12H2,1H3. The SMILES string of the molecule is Cn1c(=O)n(COCc2ccccc2)c2ccccc21. The Kier molecular flexibility index (Phi) is 3.39. The van der Waals surface area contributed by atoms with Gasteiger partial charge in [0.2, 0.25) is 0 Å². The average Bonchev–Trinajstić information content (AvgIpc) is 2.74. The van der Waals surface area contributed by atoms with E-state index in [0.717, 1.165) is 16.6 Å². The van der Waals surface area contributed by atoms with E-state index in [2.05, 4.69) is 0 Å². The summed E-state index contributed by atoms with van der Waals surface area (Å²) >= 11 is 0. The summed E-state index contributed by atoms with van der Waals surface area (Å²) in [6, 6.07) is 17.7. The first kappa shape index (κ1) is 12.7. The first-order chi connectivity index (χ1) is 9.77. The number of imidazole rings is 1. The summed E-state index contributed by atoms with van der Waals surface area (Å²) in [6.45, 7) is 0.756. The molecule has 0 amide bonds. The van der Waals surface area contributed by atoms with Crippen LogP contribution in [-0.2, 0) is 25.1 Å². The lowest BCUT2D eigenvalue weighted by Crippen LogP contribution is -2.23. The molecule has 1 heterocycles. The van der Waals surface area contributed by atoms with Crippen LogP contribution in [0.1, 0.15) is 5.56 Å². The van der Waals surface area contributed by atoms with Crippen LogP contribution in [0.2, 0.25) is 0 Å². The summed E-state index contributed by atoms with van der Waals surface area (Å²) < 4.78 is 8.95. The molecule has 2 aromatic carbocycles. The van der Waals surface area contributed by atoms with E-state index in [4.69, 9.17) is 4.74 Å². The smallest absolute Gasteiger partial charge is 0.330 e. The molecule has 4 heteroatoms. The Labute approximate surface area is 116 Å². The zero-order valence-electron chi connectivity index (χ0n) is 11.3. The Balaban J connectivity index is 1.81. The maximum atomic E-state index is 12.2. The van der Waals surface area contributed by atoms with Gasteiger partial charge in [0.05, 0.1) is 17.6 Å². The number of nitrogens with zero attached hydrogens (tertiary/aromatic N) is 2. The normalized spacial score (nSPS) is 11.1. The van der Waals surface area contributed by atoms with E-state index in [1.54, 1.807) is 16.2 Å². The zero-order valence-corrected chi connectivity index (χ0v) is 11.3. The number of para-hydroxylation sites is 2. The molecule has 3 rings (SSSR count). The van der Waals surface area contributed by atoms with Gasteiger partial charge in [-0.15, -0.1) is 0 Å². The Bertz CT molecular complexity index is 772. The first-order valence-corrected chi connectivity index (χ1v) is 6.53. The molecule has 0 N–H and O–H groups in total. The van der Waals surface area contributed by atoms with Crippen LogP contribution in [0.3, 0.4) is 0 Å². The van der Waals surface area contributed by atoms with Crippen molar-refractivity contribution in [1.82, 2.24) is 9.13 Å². The molecule has 0 aliphatic heterocycles. The summed E-state index contributed by atoms with van der Waals surface area (Å²) in [4.78, 5) is 12.2. The van der Waals surface area contributed by atoms with E-state index < -0.39 is 0 Å². The Morgan fingerprint density at radius 3 is 2.35 bits per heavy atom. The van der Waals surface area contributed by atoms with Gasteiger partial charge in [0, 0.05) is 7.05 Å². The zero-order chi connectivity index (χ0) is 13.9. The number of ether oxygens (including phenoxy) is 1. The maximum Gasteiger partial charge on any atom is 0.330 e. The van der Waals surface area contributed by atoms with Gasteiger partial charge < -0.3 is 4.74 Å². The minimum Gasteiger partial charge on any atom is -0.356 e. The van der Waals surface area contributed by atoms with Crippen molar-refractivity contribution in [3.63, 3.8) is 0 Å². The quantitative estimate of drug-likeness (QED) is 0.729. The monoisotopic (exact) mass is 268 g/mol. The summed E-state index contributed by atoms with van der Waals surface area (Å²) in [5.74, 6) is 0. The fourth-order valence-corrected chi connectivity index (χ4v) is 2.32. The predicted molar refractivity (Wildman–Crippen MR) is 78.4 cm³/mol. The molecule has 0 aliphatic rings. The molecule has 102 valence electrons. The summed E-state index contributed by atoms with van der Waals surface area (Å²) in [5.41, 5.74) is 2.86. The van der Waals surface area contributed by atoms with E-state index in [-0.39, 0.29) is 12.4 Å². The number of aryl methyl sites for hydroxylation is 1. The lowest BCUT2D eigenvalue weighted by Gasteiger charge is -2.05. The molecule has 0 radical (unpaired) electrons. The topological polar surface area (TPSA) is 36.2 Å². The highest BCUT2D eigenvalue weighted by molar-refractivity contribution is 5.75. The van der Waals surface area contributed by atoms with Crippen molar-refractivity contribution in [2.75, 3.05) is 0 Å². The van der Waals surface area contributed by atoms with Crippen molar-refractivity contribution in [3.8, 4) is 0 Å². The van der Waals surface area contributed by atoms with Crippen molar-refractivity contribution < 1.29 is 4.74 Å². The fraction of sp³-hybridized carbons (Fsp3) is 0.188. The number of fused-ring (bicyclic) bond motifs is 1. The highest BCUT2D eigenvalue weighted by atomic mass is 16.5. The van der Waals surface area contributed by atoms with Crippen LogP contribution < -0.4 is 5.69 Å². The molecule has 0 bridgehead atoms. The van der Waals surface area contributed by atoms with Crippen LogP contribution in [0.5, 0.6) is 0 Å². The molecule has 3 aromatic rings. The minimum atomic E-state index is -0.0562. The second kappa shape index (κ2) is 5.35. The Morgan fingerprint density at radius 1 is 0.950 bits per heavy atom. The molecule has 0 spiro atoms. The van der Waals surface area contributed by atoms with Crippen LogP contribution >= 0.6 is 0 Å². The van der Waals surface area contributed by atoms with Crippen LogP contribution in [-0.4, -0.2) is 9.13 Å². The van der Waals surface area contributed by atoms with Gasteiger partial charge in [-0.25, -0.2) is 4.79 Å². The Hall–Kier alpha value is -2.33. The molecule has 0 atom stereocenters. The third kappa shape index (κ3) is 2.26. The van der Waals surface area contributed by atoms with Gasteiger partial charge >= 0.3 is 5.69 Å². The second-order valence-electron chi connectivity index (χ2n) is 4.72. The predicted octanol–water partition coefficient (Wildman–Crippen LogP) is 2.51. The van der Waals surface area contributed by atoms with E-state index in [0.29, 0.717) is 6.61 Å². The third-order valence-electron chi connectivity index (χ3n) is 3.38. The molecule has 20 heavy (non-hydrogen) atoms. The maximum absolute atomic E-state index is 12.2. The lowest BCUT2D eigenvalue weighted by molar-refractivity contribution is 0.0641. The van der Waals surface area contributed by atoms with Gasteiger partial charge in [0.25, 0.3) is 0 Å². The van der Waals surface area contributed by atoms with E-state index >= 15 is 0 Å². The van der Waals surface area contributed by atoms with Gasteiger partial charge in [0.1, 0.15) is 6.73 Å². The van der Waals surface area contributed by atoms with Crippen molar-refractivity contribution in [2.45, 2.75) is 13.3 Å². The van der Waals surface area contributed by atoms with Crippen LogP contribution in [0.4, 0.5) is 0 Å². The molecule has 0 fully saturated rings. The molecular weight excluding hydrogens is 252 g/mol. The van der Waals surface area contributed by atoms with Gasteiger partial charge in [-0.3, -0.25) is 9.13 Å². The van der Waals surface area contributed by atoms with E-state index in [1.165, 1.54) is 0 Å². The Morgan fingerprint density at radius 2 is 1.60 bits per heavy atom. The highest BCUT2D eigenvalue weighted by Crippen LogP contribution is 2.11. The molecule has 4 nitrogen and oxygen atoms in total. The van der Waals surface area contributed by atoms with Crippen molar-refractivity contribution in [1.29, 1.82) is 0 Å². The van der Waals surface area contributed by atoms with Crippen molar-refractivity contribution in [2.24, 2.45) is 7.05 Å². The van der Waals surface area contributed by atoms with E-state index in [1.807, 2.05) is 54.6 Å². The summed E-state index contributed by atoms with van der Waals surface area (Å²) in [7, 11) is 1.78. The number of benzene rings is 2. The number of hydrogen-bond acceptors (Lipinski definition) is 2. The van der Waals surface area contributed by atoms with Gasteiger partial charge in [-0.1, -0.05) is 42.5 Å². The highest BCUT2D eigenvalue weighted by Gasteiger charge is 2.09. The summed E-state index contributed by atoms with van der Waals surface area (Å²) in [5, 5.41) is 0. The molecule has 0 saturated carbocycles. The first-order valence-electron chi connectivity index (χ1n) is 6.53. The fourth-order valence-electron chi connectivity index (χ4n) is 2.32. The molecule has 1 aromatic heterocycles. The number of hydrogen-bond donors (Lipinski definition) is 0. The number of aromatic nitrogens is 2. The van der Waals surface area contributed by atoms with Crippen LogP contribution in [0.15, 0.2) is 59.4 Å². The largest absolute Gasteiger partial charge is 0.356 e.